The average Bonchev–Trinajstić information content (AvgIpc) is 2.85. The summed E-state index contributed by atoms with van der Waals surface area (Å²) in [7, 11) is 0. The van der Waals surface area contributed by atoms with Crippen molar-refractivity contribution in [3.05, 3.63) is 43.7 Å². The number of carbonyl (C=O) groups excluding carboxylic acids is 1. The fraction of sp³-hybridized carbons (Fsp3) is 0.167. The van der Waals surface area contributed by atoms with Gasteiger partial charge in [0.25, 0.3) is 0 Å². The Bertz CT molecular complexity index is 584. The Morgan fingerprint density at radius 3 is 2.95 bits per heavy atom. The van der Waals surface area contributed by atoms with E-state index in [-0.39, 0.29) is 10.9 Å². The predicted molar refractivity (Wildman–Crippen MR) is 81.1 cm³/mol. The fourth-order valence-corrected chi connectivity index (χ4v) is 5.04. The molecule has 1 aromatic carbocycles. The van der Waals surface area contributed by atoms with Crippen LogP contribution >= 0.6 is 46.7 Å². The third kappa shape index (κ3) is 3.40. The van der Waals surface area contributed by atoms with E-state index in [1.807, 2.05) is 12.1 Å². The highest BCUT2D eigenvalue weighted by Crippen LogP contribution is 2.52. The van der Waals surface area contributed by atoms with Crippen LogP contribution in [0.5, 0.6) is 0 Å². The molecule has 19 heavy (non-hydrogen) atoms. The fourth-order valence-electron chi connectivity index (χ4n) is 1.59. The first-order chi connectivity index (χ1) is 9.15. The lowest BCUT2D eigenvalue weighted by atomic mass is 10.2. The van der Waals surface area contributed by atoms with Crippen molar-refractivity contribution in [2.45, 2.75) is 5.25 Å². The standard InChI is InChI=1S/C12H8Cl2N2OS2/c13-7-1-2-8(9(14)3-7)11-5-18-12(19-11)10(4-15)16-6-17/h1-3,6,11H,5H2,(H,16,17)/b12-10-/t11-/m1/s1. The van der Waals surface area contributed by atoms with Gasteiger partial charge in [0.1, 0.15) is 11.8 Å². The van der Waals surface area contributed by atoms with Gasteiger partial charge in [0, 0.05) is 21.0 Å². The van der Waals surface area contributed by atoms with Crippen LogP contribution in [0.4, 0.5) is 0 Å². The van der Waals surface area contributed by atoms with E-state index in [2.05, 4.69) is 5.32 Å². The highest BCUT2D eigenvalue weighted by molar-refractivity contribution is 8.25. The summed E-state index contributed by atoms with van der Waals surface area (Å²) in [5.41, 5.74) is 1.28. The number of hydrogen-bond donors (Lipinski definition) is 1. The second-order valence-corrected chi connectivity index (χ2v) is 6.97. The first-order valence-corrected chi connectivity index (χ1v) is 7.86. The van der Waals surface area contributed by atoms with E-state index in [0.717, 1.165) is 15.6 Å². The Labute approximate surface area is 129 Å². The van der Waals surface area contributed by atoms with Crippen molar-refractivity contribution in [3.63, 3.8) is 0 Å². The molecule has 0 unspecified atom stereocenters. The molecule has 1 aliphatic rings. The summed E-state index contributed by atoms with van der Waals surface area (Å²) in [6.07, 6.45) is 0.509. The van der Waals surface area contributed by atoms with E-state index in [0.29, 0.717) is 16.5 Å². The lowest BCUT2D eigenvalue weighted by molar-refractivity contribution is -0.108. The zero-order chi connectivity index (χ0) is 13.8. The number of allylic oxidation sites excluding steroid dienone is 1. The summed E-state index contributed by atoms with van der Waals surface area (Å²) in [6.45, 7) is 0. The molecule has 98 valence electrons. The normalized spacial score (nSPS) is 20.8. The number of carbonyl (C=O) groups is 1. The average molecular weight is 331 g/mol. The van der Waals surface area contributed by atoms with Crippen LogP contribution in [0, 0.1) is 11.3 Å². The zero-order valence-corrected chi connectivity index (χ0v) is 12.7. The number of halogens is 2. The van der Waals surface area contributed by atoms with Crippen molar-refractivity contribution in [3.8, 4) is 6.07 Å². The van der Waals surface area contributed by atoms with Gasteiger partial charge in [0.05, 0.1) is 4.24 Å². The molecule has 1 atom stereocenters. The van der Waals surface area contributed by atoms with E-state index in [1.165, 1.54) is 23.5 Å². The van der Waals surface area contributed by atoms with E-state index in [9.17, 15) is 4.79 Å². The number of nitrogens with one attached hydrogen (secondary N) is 1. The quantitative estimate of drug-likeness (QED) is 0.673. The van der Waals surface area contributed by atoms with E-state index in [4.69, 9.17) is 28.5 Å². The van der Waals surface area contributed by atoms with E-state index in [1.54, 1.807) is 12.1 Å². The molecule has 0 saturated carbocycles. The molecule has 0 radical (unpaired) electrons. The number of rotatable bonds is 3. The summed E-state index contributed by atoms with van der Waals surface area (Å²) < 4.78 is 0.811. The van der Waals surface area contributed by atoms with Gasteiger partial charge in [0.15, 0.2) is 0 Å². The molecule has 1 aromatic rings. The van der Waals surface area contributed by atoms with Gasteiger partial charge in [0.2, 0.25) is 6.41 Å². The molecule has 2 rings (SSSR count). The smallest absolute Gasteiger partial charge is 0.212 e. The third-order valence-electron chi connectivity index (χ3n) is 2.44. The van der Waals surface area contributed by atoms with Gasteiger partial charge in [-0.05, 0) is 17.7 Å². The SMILES string of the molecule is N#C/C(NC=O)=C1\SC[C@H](c2ccc(Cl)cc2Cl)S1. The van der Waals surface area contributed by atoms with Crippen molar-refractivity contribution in [2.24, 2.45) is 0 Å². The highest BCUT2D eigenvalue weighted by Gasteiger charge is 2.27. The Balaban J connectivity index is 2.23. The van der Waals surface area contributed by atoms with Crippen LogP contribution in [-0.4, -0.2) is 12.2 Å². The second kappa shape index (κ2) is 6.58. The van der Waals surface area contributed by atoms with Crippen molar-refractivity contribution in [1.82, 2.24) is 5.32 Å². The largest absolute Gasteiger partial charge is 0.319 e. The van der Waals surface area contributed by atoms with Crippen molar-refractivity contribution >= 4 is 53.1 Å². The number of amides is 1. The van der Waals surface area contributed by atoms with Crippen LogP contribution in [0.15, 0.2) is 28.1 Å². The van der Waals surface area contributed by atoms with Gasteiger partial charge in [-0.2, -0.15) is 5.26 Å². The first kappa shape index (κ1) is 14.6. The molecule has 1 heterocycles. The maximum absolute atomic E-state index is 10.4. The number of nitriles is 1. The molecule has 0 aromatic heterocycles. The molecule has 1 aliphatic heterocycles. The predicted octanol–water partition coefficient (Wildman–Crippen LogP) is 3.95. The Morgan fingerprint density at radius 2 is 2.32 bits per heavy atom. The van der Waals surface area contributed by atoms with Gasteiger partial charge in [-0.25, -0.2) is 0 Å². The number of benzene rings is 1. The molecule has 7 heteroatoms. The van der Waals surface area contributed by atoms with Crippen LogP contribution in [0.25, 0.3) is 0 Å². The van der Waals surface area contributed by atoms with Gasteiger partial charge in [-0.1, -0.05) is 29.3 Å². The highest BCUT2D eigenvalue weighted by atomic mass is 35.5. The monoisotopic (exact) mass is 330 g/mol. The first-order valence-electron chi connectivity index (χ1n) is 5.24. The lowest BCUT2D eigenvalue weighted by Crippen LogP contribution is -2.09. The summed E-state index contributed by atoms with van der Waals surface area (Å²) in [4.78, 5) is 10.4. The van der Waals surface area contributed by atoms with Crippen LogP contribution in [0.1, 0.15) is 10.8 Å². The molecule has 3 nitrogen and oxygen atoms in total. The molecule has 0 aliphatic carbocycles. The maximum Gasteiger partial charge on any atom is 0.212 e. The summed E-state index contributed by atoms with van der Waals surface area (Å²) in [5, 5.41) is 12.7. The van der Waals surface area contributed by atoms with Crippen molar-refractivity contribution in [1.29, 1.82) is 5.26 Å². The number of hydrogen-bond acceptors (Lipinski definition) is 4. The van der Waals surface area contributed by atoms with Crippen molar-refractivity contribution in [2.75, 3.05) is 5.75 Å². The van der Waals surface area contributed by atoms with Crippen molar-refractivity contribution < 1.29 is 4.79 Å². The lowest BCUT2D eigenvalue weighted by Gasteiger charge is -2.10. The van der Waals surface area contributed by atoms with Gasteiger partial charge in [-0.3, -0.25) is 4.79 Å². The molecule has 1 N–H and O–H groups in total. The third-order valence-corrected chi connectivity index (χ3v) is 5.95. The molecular weight excluding hydrogens is 323 g/mol. The minimum Gasteiger partial charge on any atom is -0.319 e. The molecule has 0 spiro atoms. The van der Waals surface area contributed by atoms with Gasteiger partial charge < -0.3 is 5.32 Å². The molecule has 0 bridgehead atoms. The second-order valence-electron chi connectivity index (χ2n) is 3.62. The summed E-state index contributed by atoms with van der Waals surface area (Å²) in [6, 6.07) is 7.38. The zero-order valence-electron chi connectivity index (χ0n) is 9.52. The topological polar surface area (TPSA) is 52.9 Å². The van der Waals surface area contributed by atoms with Crippen LogP contribution in [0.3, 0.4) is 0 Å². The Morgan fingerprint density at radius 1 is 1.53 bits per heavy atom. The maximum atomic E-state index is 10.4. The van der Waals surface area contributed by atoms with Crippen LogP contribution < -0.4 is 5.32 Å². The molecule has 1 amide bonds. The molecule has 1 saturated heterocycles. The van der Waals surface area contributed by atoms with Crippen LogP contribution in [0.2, 0.25) is 10.0 Å². The molecule has 1 fully saturated rings. The van der Waals surface area contributed by atoms with Crippen LogP contribution in [-0.2, 0) is 4.79 Å². The summed E-state index contributed by atoms with van der Waals surface area (Å²) in [5.74, 6) is 0.799. The Hall–Kier alpha value is -0.800. The summed E-state index contributed by atoms with van der Waals surface area (Å²) >= 11 is 15.1. The minimum atomic E-state index is 0.154. The van der Waals surface area contributed by atoms with E-state index >= 15 is 0 Å². The van der Waals surface area contributed by atoms with E-state index < -0.39 is 0 Å². The van der Waals surface area contributed by atoms with Gasteiger partial charge in [-0.15, -0.1) is 23.5 Å². The minimum absolute atomic E-state index is 0.154. The number of nitrogens with zero attached hydrogens (tertiary/aromatic N) is 1. The Kier molecular flexibility index (Phi) is 5.06. The molecular formula is C12H8Cl2N2OS2. The number of thioether (sulfide) groups is 2. The van der Waals surface area contributed by atoms with Gasteiger partial charge >= 0.3 is 0 Å².